The van der Waals surface area contributed by atoms with Gasteiger partial charge in [-0.15, -0.1) is 0 Å². The van der Waals surface area contributed by atoms with Crippen LogP contribution in [0.2, 0.25) is 0 Å². The zero-order valence-electron chi connectivity index (χ0n) is 20.4. The van der Waals surface area contributed by atoms with Crippen molar-refractivity contribution in [2.24, 2.45) is 0 Å². The van der Waals surface area contributed by atoms with Crippen LogP contribution < -0.4 is 15.5 Å². The minimum absolute atomic E-state index is 0.0709. The third-order valence-corrected chi connectivity index (χ3v) is 6.89. The van der Waals surface area contributed by atoms with Crippen molar-refractivity contribution >= 4 is 23.3 Å². The zero-order chi connectivity index (χ0) is 24.9. The van der Waals surface area contributed by atoms with E-state index in [4.69, 9.17) is 10.7 Å². The van der Waals surface area contributed by atoms with Crippen LogP contribution >= 0.6 is 0 Å². The highest BCUT2D eigenvalue weighted by atomic mass is 16.6. The molecule has 0 radical (unpaired) electrons. The number of nitrogens with two attached hydrogens (primary N) is 1. The summed E-state index contributed by atoms with van der Waals surface area (Å²) >= 11 is 0. The van der Waals surface area contributed by atoms with Crippen LogP contribution in [0.3, 0.4) is 0 Å². The molecule has 0 spiro atoms. The van der Waals surface area contributed by atoms with Gasteiger partial charge in [-0.3, -0.25) is 19.9 Å². The Morgan fingerprint density at radius 2 is 1.19 bits per heavy atom. The van der Waals surface area contributed by atoms with Crippen LogP contribution in [0.1, 0.15) is 11.1 Å². The number of nitrogen functional groups attached to an aromatic ring is 1. The quantitative estimate of drug-likeness (QED) is 0.397. The van der Waals surface area contributed by atoms with Gasteiger partial charge in [-0.1, -0.05) is 60.7 Å². The number of hydrogen-bond donors (Lipinski definition) is 1. The van der Waals surface area contributed by atoms with Gasteiger partial charge in [-0.05, 0) is 11.1 Å². The number of aromatic nitrogens is 2. The third-order valence-electron chi connectivity index (χ3n) is 6.89. The van der Waals surface area contributed by atoms with Gasteiger partial charge in [0, 0.05) is 65.4 Å². The molecule has 2 fully saturated rings. The highest BCUT2D eigenvalue weighted by Crippen LogP contribution is 2.33. The molecule has 0 saturated carbocycles. The Labute approximate surface area is 211 Å². The van der Waals surface area contributed by atoms with E-state index in [0.29, 0.717) is 24.9 Å². The van der Waals surface area contributed by atoms with Crippen LogP contribution in [0.5, 0.6) is 0 Å². The van der Waals surface area contributed by atoms with Crippen molar-refractivity contribution in [3.05, 3.63) is 81.9 Å². The van der Waals surface area contributed by atoms with Gasteiger partial charge in [-0.25, -0.2) is 0 Å². The van der Waals surface area contributed by atoms with Crippen molar-refractivity contribution in [3.63, 3.8) is 0 Å². The summed E-state index contributed by atoms with van der Waals surface area (Å²) < 4.78 is 0. The van der Waals surface area contributed by atoms with E-state index in [1.165, 1.54) is 11.1 Å². The molecular weight excluding hydrogens is 456 g/mol. The van der Waals surface area contributed by atoms with E-state index in [2.05, 4.69) is 56.1 Å². The highest BCUT2D eigenvalue weighted by molar-refractivity contribution is 5.71. The molecule has 2 N–H and O–H groups in total. The summed E-state index contributed by atoms with van der Waals surface area (Å²) in [6.07, 6.45) is 0. The largest absolute Gasteiger partial charge is 0.378 e. The second-order valence-corrected chi connectivity index (χ2v) is 9.34. The van der Waals surface area contributed by atoms with Crippen LogP contribution in [0.25, 0.3) is 0 Å². The Hall–Kier alpha value is -3.76. The predicted molar refractivity (Wildman–Crippen MR) is 141 cm³/mol. The van der Waals surface area contributed by atoms with E-state index in [0.717, 1.165) is 52.4 Å². The second kappa shape index (κ2) is 10.9. The average molecular weight is 489 g/mol. The van der Waals surface area contributed by atoms with Gasteiger partial charge >= 0.3 is 5.69 Å². The predicted octanol–water partition coefficient (Wildman–Crippen LogP) is 2.61. The number of piperazine rings is 2. The third kappa shape index (κ3) is 5.55. The molecule has 1 aromatic heterocycles. The summed E-state index contributed by atoms with van der Waals surface area (Å²) in [4.78, 5) is 29.3. The SMILES string of the molecule is Nc1nc(N2CCN(Cc3ccccc3)CC2)nc(N2CCN(Cc3ccccc3)CC2)c1[N+](=O)[O-]. The van der Waals surface area contributed by atoms with Gasteiger partial charge in [-0.2, -0.15) is 9.97 Å². The molecule has 10 nitrogen and oxygen atoms in total. The summed E-state index contributed by atoms with van der Waals surface area (Å²) in [6.45, 7) is 7.86. The van der Waals surface area contributed by atoms with Crippen molar-refractivity contribution in [3.8, 4) is 0 Å². The van der Waals surface area contributed by atoms with Gasteiger partial charge in [0.2, 0.25) is 17.6 Å². The lowest BCUT2D eigenvalue weighted by molar-refractivity contribution is -0.383. The van der Waals surface area contributed by atoms with Crippen LogP contribution in [0.4, 0.5) is 23.3 Å². The molecule has 0 bridgehead atoms. The molecule has 0 atom stereocenters. The van der Waals surface area contributed by atoms with Crippen molar-refractivity contribution in [1.82, 2.24) is 19.8 Å². The topological polar surface area (TPSA) is 108 Å². The molecule has 2 saturated heterocycles. The molecule has 0 unspecified atom stereocenters. The van der Waals surface area contributed by atoms with Crippen LogP contribution in [0.15, 0.2) is 60.7 Å². The Bertz CT molecular complexity index is 1160. The fourth-order valence-electron chi connectivity index (χ4n) is 4.89. The number of hydrogen-bond acceptors (Lipinski definition) is 9. The van der Waals surface area contributed by atoms with E-state index >= 15 is 0 Å². The summed E-state index contributed by atoms with van der Waals surface area (Å²) in [5.74, 6) is 0.728. The molecule has 10 heteroatoms. The molecule has 2 aliphatic heterocycles. The Kier molecular flexibility index (Phi) is 7.24. The second-order valence-electron chi connectivity index (χ2n) is 9.34. The average Bonchev–Trinajstić information content (AvgIpc) is 2.90. The first-order valence-electron chi connectivity index (χ1n) is 12.4. The van der Waals surface area contributed by atoms with E-state index in [1.807, 2.05) is 29.2 Å². The maximum Gasteiger partial charge on any atom is 0.353 e. The fourth-order valence-corrected chi connectivity index (χ4v) is 4.89. The molecule has 2 aromatic carbocycles. The van der Waals surface area contributed by atoms with E-state index < -0.39 is 4.92 Å². The lowest BCUT2D eigenvalue weighted by atomic mass is 10.2. The maximum atomic E-state index is 11.9. The lowest BCUT2D eigenvalue weighted by Crippen LogP contribution is -2.48. The number of benzene rings is 2. The molecular formula is C26H32N8O2. The van der Waals surface area contributed by atoms with Crippen molar-refractivity contribution < 1.29 is 4.92 Å². The fraction of sp³-hybridized carbons (Fsp3) is 0.385. The van der Waals surface area contributed by atoms with Gasteiger partial charge in [0.25, 0.3) is 0 Å². The Balaban J connectivity index is 1.26. The van der Waals surface area contributed by atoms with E-state index in [9.17, 15) is 10.1 Å². The first kappa shape index (κ1) is 24.0. The first-order valence-corrected chi connectivity index (χ1v) is 12.4. The van der Waals surface area contributed by atoms with Gasteiger partial charge in [0.05, 0.1) is 4.92 Å². The zero-order valence-corrected chi connectivity index (χ0v) is 20.4. The molecule has 36 heavy (non-hydrogen) atoms. The Morgan fingerprint density at radius 1 is 0.722 bits per heavy atom. The molecule has 2 aliphatic rings. The molecule has 5 rings (SSSR count). The standard InChI is InChI=1S/C26H32N8O2/c27-24-23(34(35)36)25(32-15-11-30(12-16-32)19-21-7-3-1-4-8-21)29-26(28-24)33-17-13-31(14-18-33)20-22-9-5-2-6-10-22/h1-10H,11-20H2,(H2,27,28,29). The monoisotopic (exact) mass is 488 g/mol. The van der Waals surface area contributed by atoms with Gasteiger partial charge in [0.15, 0.2) is 0 Å². The first-order chi connectivity index (χ1) is 17.6. The number of nitrogens with zero attached hydrogens (tertiary/aromatic N) is 7. The number of nitro groups is 1. The Morgan fingerprint density at radius 3 is 1.67 bits per heavy atom. The molecule has 188 valence electrons. The smallest absolute Gasteiger partial charge is 0.353 e. The molecule has 0 amide bonds. The van der Waals surface area contributed by atoms with Crippen LogP contribution in [-0.2, 0) is 13.1 Å². The van der Waals surface area contributed by atoms with Crippen LogP contribution in [0, 0.1) is 10.1 Å². The minimum atomic E-state index is -0.456. The van der Waals surface area contributed by atoms with E-state index in [1.54, 1.807) is 0 Å². The maximum absolute atomic E-state index is 11.9. The van der Waals surface area contributed by atoms with Crippen LogP contribution in [-0.4, -0.2) is 77.0 Å². The normalized spacial score (nSPS) is 17.3. The molecule has 3 aromatic rings. The van der Waals surface area contributed by atoms with E-state index in [-0.39, 0.29) is 11.5 Å². The highest BCUT2D eigenvalue weighted by Gasteiger charge is 2.31. The lowest BCUT2D eigenvalue weighted by Gasteiger charge is -2.37. The van der Waals surface area contributed by atoms with Gasteiger partial charge in [0.1, 0.15) is 0 Å². The molecule has 0 aliphatic carbocycles. The molecule has 3 heterocycles. The summed E-state index contributed by atoms with van der Waals surface area (Å²) in [5, 5.41) is 11.9. The number of rotatable bonds is 7. The number of anilines is 3. The van der Waals surface area contributed by atoms with Crippen molar-refractivity contribution in [1.29, 1.82) is 0 Å². The van der Waals surface area contributed by atoms with Gasteiger partial charge < -0.3 is 15.5 Å². The summed E-state index contributed by atoms with van der Waals surface area (Å²) in [5.41, 5.74) is 8.48. The summed E-state index contributed by atoms with van der Waals surface area (Å²) in [6, 6.07) is 20.8. The van der Waals surface area contributed by atoms with Crippen molar-refractivity contribution in [2.45, 2.75) is 13.1 Å². The summed E-state index contributed by atoms with van der Waals surface area (Å²) in [7, 11) is 0. The minimum Gasteiger partial charge on any atom is -0.378 e. The van der Waals surface area contributed by atoms with Crippen molar-refractivity contribution in [2.75, 3.05) is 67.9 Å².